The maximum Gasteiger partial charge on any atom is 0.156 e. The highest BCUT2D eigenvalue weighted by Crippen LogP contribution is 2.26. The summed E-state index contributed by atoms with van der Waals surface area (Å²) in [5, 5.41) is 3.02. The third-order valence-corrected chi connectivity index (χ3v) is 6.74. The van der Waals surface area contributed by atoms with Crippen molar-refractivity contribution in [2.75, 3.05) is 6.54 Å². The van der Waals surface area contributed by atoms with Crippen molar-refractivity contribution >= 4 is 9.84 Å². The van der Waals surface area contributed by atoms with Crippen LogP contribution in [0.25, 0.3) is 0 Å². The van der Waals surface area contributed by atoms with Gasteiger partial charge in [-0.1, -0.05) is 32.6 Å². The fourth-order valence-corrected chi connectivity index (χ4v) is 4.72. The smallest absolute Gasteiger partial charge is 0.156 e. The Morgan fingerprint density at radius 1 is 1.17 bits per heavy atom. The molecule has 0 amide bonds. The standard InChI is InChI=1S/C14H29NO2S/c1-4-8-12(2)15-11-13(3)18(16,17)14-9-6-5-7-10-14/h12-15H,4-11H2,1-3H3. The zero-order chi connectivity index (χ0) is 13.6. The minimum atomic E-state index is -2.94. The summed E-state index contributed by atoms with van der Waals surface area (Å²) in [7, 11) is -2.94. The monoisotopic (exact) mass is 275 g/mol. The van der Waals surface area contributed by atoms with E-state index < -0.39 is 9.84 Å². The summed E-state index contributed by atoms with van der Waals surface area (Å²) in [5.41, 5.74) is 0. The minimum Gasteiger partial charge on any atom is -0.313 e. The van der Waals surface area contributed by atoms with Crippen LogP contribution in [0.4, 0.5) is 0 Å². The molecule has 1 fully saturated rings. The van der Waals surface area contributed by atoms with Gasteiger partial charge in [0, 0.05) is 12.6 Å². The molecular formula is C14H29NO2S. The fraction of sp³-hybridized carbons (Fsp3) is 1.00. The lowest BCUT2D eigenvalue weighted by Crippen LogP contribution is -2.40. The summed E-state index contributed by atoms with van der Waals surface area (Å²) in [6.45, 7) is 6.74. The Balaban J connectivity index is 2.45. The molecule has 0 aromatic heterocycles. The van der Waals surface area contributed by atoms with Crippen LogP contribution in [-0.4, -0.2) is 31.5 Å². The average Bonchev–Trinajstić information content (AvgIpc) is 2.37. The van der Waals surface area contributed by atoms with E-state index in [2.05, 4.69) is 19.2 Å². The van der Waals surface area contributed by atoms with Gasteiger partial charge in [0.25, 0.3) is 0 Å². The Morgan fingerprint density at radius 3 is 2.33 bits per heavy atom. The molecule has 3 nitrogen and oxygen atoms in total. The van der Waals surface area contributed by atoms with Crippen molar-refractivity contribution in [3.05, 3.63) is 0 Å². The van der Waals surface area contributed by atoms with Crippen LogP contribution in [0.5, 0.6) is 0 Å². The number of hydrogen-bond donors (Lipinski definition) is 1. The summed E-state index contributed by atoms with van der Waals surface area (Å²) in [4.78, 5) is 0. The van der Waals surface area contributed by atoms with E-state index in [1.165, 1.54) is 6.42 Å². The van der Waals surface area contributed by atoms with Crippen molar-refractivity contribution in [1.82, 2.24) is 5.32 Å². The van der Waals surface area contributed by atoms with Crippen LogP contribution in [0.3, 0.4) is 0 Å². The van der Waals surface area contributed by atoms with Gasteiger partial charge in [-0.3, -0.25) is 0 Å². The summed E-state index contributed by atoms with van der Waals surface area (Å²) in [6.07, 6.45) is 7.35. The second-order valence-corrected chi connectivity index (χ2v) is 8.41. The van der Waals surface area contributed by atoms with Crippen LogP contribution >= 0.6 is 0 Å². The minimum absolute atomic E-state index is 0.0791. The molecule has 1 aliphatic rings. The van der Waals surface area contributed by atoms with E-state index in [9.17, 15) is 8.42 Å². The first-order valence-corrected chi connectivity index (χ1v) is 9.05. The van der Waals surface area contributed by atoms with Crippen molar-refractivity contribution in [3.63, 3.8) is 0 Å². The molecular weight excluding hydrogens is 246 g/mol. The van der Waals surface area contributed by atoms with Crippen LogP contribution in [0, 0.1) is 0 Å². The van der Waals surface area contributed by atoms with Crippen LogP contribution in [0.1, 0.15) is 65.7 Å². The summed E-state index contributed by atoms with van der Waals surface area (Å²) >= 11 is 0. The first-order valence-electron chi connectivity index (χ1n) is 7.44. The molecule has 2 atom stereocenters. The average molecular weight is 275 g/mol. The van der Waals surface area contributed by atoms with Gasteiger partial charge < -0.3 is 5.32 Å². The maximum absolute atomic E-state index is 12.4. The molecule has 0 aromatic rings. The molecule has 0 spiro atoms. The summed E-state index contributed by atoms with van der Waals surface area (Å²) in [6, 6.07) is 0.416. The third-order valence-electron chi connectivity index (χ3n) is 4.05. The van der Waals surface area contributed by atoms with Gasteiger partial charge in [-0.05, 0) is 33.1 Å². The number of nitrogens with one attached hydrogen (secondary N) is 1. The SMILES string of the molecule is CCCC(C)NCC(C)S(=O)(=O)C1CCCCC1. The molecule has 1 aliphatic carbocycles. The van der Waals surface area contributed by atoms with Crippen molar-refractivity contribution in [3.8, 4) is 0 Å². The lowest BCUT2D eigenvalue weighted by molar-refractivity contribution is 0.467. The van der Waals surface area contributed by atoms with E-state index in [0.717, 1.165) is 38.5 Å². The molecule has 18 heavy (non-hydrogen) atoms. The highest BCUT2D eigenvalue weighted by molar-refractivity contribution is 7.92. The van der Waals surface area contributed by atoms with E-state index in [-0.39, 0.29) is 10.5 Å². The van der Waals surface area contributed by atoms with Gasteiger partial charge in [-0.25, -0.2) is 8.42 Å². The third kappa shape index (κ3) is 4.54. The van der Waals surface area contributed by atoms with Crippen LogP contribution in [0.2, 0.25) is 0 Å². The zero-order valence-corrected chi connectivity index (χ0v) is 12.9. The molecule has 0 bridgehead atoms. The van der Waals surface area contributed by atoms with Crippen molar-refractivity contribution in [1.29, 1.82) is 0 Å². The van der Waals surface area contributed by atoms with Gasteiger partial charge in [0.1, 0.15) is 0 Å². The van der Waals surface area contributed by atoms with Gasteiger partial charge in [-0.2, -0.15) is 0 Å². The Kier molecular flexibility index (Phi) is 6.64. The largest absolute Gasteiger partial charge is 0.313 e. The number of rotatable bonds is 7. The normalized spacial score (nSPS) is 21.7. The van der Waals surface area contributed by atoms with Gasteiger partial charge in [0.15, 0.2) is 9.84 Å². The lowest BCUT2D eigenvalue weighted by Gasteiger charge is -2.26. The predicted octanol–water partition coefficient (Wildman–Crippen LogP) is 2.90. The number of sulfone groups is 1. The zero-order valence-electron chi connectivity index (χ0n) is 12.1. The second kappa shape index (κ2) is 7.49. The molecule has 0 heterocycles. The van der Waals surface area contributed by atoms with Crippen molar-refractivity contribution in [2.24, 2.45) is 0 Å². The summed E-state index contributed by atoms with van der Waals surface area (Å²) in [5.74, 6) is 0. The quantitative estimate of drug-likeness (QED) is 0.777. The highest BCUT2D eigenvalue weighted by atomic mass is 32.2. The Morgan fingerprint density at radius 2 is 1.78 bits per heavy atom. The topological polar surface area (TPSA) is 46.2 Å². The van der Waals surface area contributed by atoms with Crippen molar-refractivity contribution in [2.45, 2.75) is 82.3 Å². The van der Waals surface area contributed by atoms with E-state index in [4.69, 9.17) is 0 Å². The van der Waals surface area contributed by atoms with Gasteiger partial charge in [0.05, 0.1) is 10.5 Å². The molecule has 0 saturated heterocycles. The van der Waals surface area contributed by atoms with Crippen LogP contribution in [-0.2, 0) is 9.84 Å². The molecule has 1 saturated carbocycles. The van der Waals surface area contributed by atoms with E-state index in [1.54, 1.807) is 0 Å². The van der Waals surface area contributed by atoms with Crippen LogP contribution < -0.4 is 5.32 Å². The molecule has 0 aliphatic heterocycles. The lowest BCUT2D eigenvalue weighted by atomic mass is 10.0. The Labute approximate surface area is 113 Å². The first kappa shape index (κ1) is 16.0. The molecule has 108 valence electrons. The molecule has 0 aromatic carbocycles. The Bertz CT molecular complexity index is 321. The molecule has 1 N–H and O–H groups in total. The highest BCUT2D eigenvalue weighted by Gasteiger charge is 2.31. The maximum atomic E-state index is 12.4. The van der Waals surface area contributed by atoms with Gasteiger partial charge in [-0.15, -0.1) is 0 Å². The Hall–Kier alpha value is -0.0900. The van der Waals surface area contributed by atoms with E-state index in [1.807, 2.05) is 6.92 Å². The predicted molar refractivity (Wildman–Crippen MR) is 77.6 cm³/mol. The molecule has 0 radical (unpaired) electrons. The van der Waals surface area contributed by atoms with Crippen LogP contribution in [0.15, 0.2) is 0 Å². The second-order valence-electron chi connectivity index (χ2n) is 5.76. The summed E-state index contributed by atoms with van der Waals surface area (Å²) < 4.78 is 24.8. The van der Waals surface area contributed by atoms with Crippen molar-refractivity contribution < 1.29 is 8.42 Å². The molecule has 1 rings (SSSR count). The van der Waals surface area contributed by atoms with Gasteiger partial charge in [0.2, 0.25) is 0 Å². The van der Waals surface area contributed by atoms with Gasteiger partial charge >= 0.3 is 0 Å². The number of hydrogen-bond acceptors (Lipinski definition) is 3. The molecule has 2 unspecified atom stereocenters. The fourth-order valence-electron chi connectivity index (χ4n) is 2.74. The molecule has 4 heteroatoms. The first-order chi connectivity index (χ1) is 8.48. The van der Waals surface area contributed by atoms with E-state index in [0.29, 0.717) is 12.6 Å². The van der Waals surface area contributed by atoms with E-state index >= 15 is 0 Å².